The van der Waals surface area contributed by atoms with Gasteiger partial charge >= 0.3 is 5.97 Å². The van der Waals surface area contributed by atoms with Gasteiger partial charge in [-0.2, -0.15) is 13.1 Å². The highest BCUT2D eigenvalue weighted by molar-refractivity contribution is 7.90. The second-order valence-corrected chi connectivity index (χ2v) is 8.09. The van der Waals surface area contributed by atoms with Gasteiger partial charge in [-0.3, -0.25) is 9.52 Å². The molecule has 0 fully saturated rings. The van der Waals surface area contributed by atoms with Crippen molar-refractivity contribution in [2.45, 2.75) is 77.7 Å². The number of benzene rings is 1. The highest BCUT2D eigenvalue weighted by Gasteiger charge is 2.18. The summed E-state index contributed by atoms with van der Waals surface area (Å²) in [7, 11) is -3.80. The Hall–Kier alpha value is -1.60. The molecule has 1 atom stereocenters. The third-order valence-electron chi connectivity index (χ3n) is 4.26. The zero-order valence-electron chi connectivity index (χ0n) is 15.8. The Kier molecular flexibility index (Phi) is 10.3. The van der Waals surface area contributed by atoms with E-state index in [4.69, 9.17) is 5.11 Å². The summed E-state index contributed by atoms with van der Waals surface area (Å²) < 4.78 is 29.1. The van der Waals surface area contributed by atoms with Crippen molar-refractivity contribution in [3.05, 3.63) is 29.8 Å². The maximum atomic E-state index is 12.1. The molecule has 148 valence electrons. The normalized spacial score (nSPS) is 12.7. The molecule has 0 saturated heterocycles. The molecule has 7 heteroatoms. The van der Waals surface area contributed by atoms with Gasteiger partial charge in [0.15, 0.2) is 0 Å². The standard InChI is InChI=1S/C19H32N2O4S/c1-3-5-6-7-8-9-10-16-11-13-18(14-12-16)21-26(24,25)20-17(4-2)15-19(22)23/h11-14,17,20-21H,3-10,15H2,1-2H3,(H,22,23)/t17-/m0/s1. The number of unbranched alkanes of at least 4 members (excludes halogenated alkanes) is 5. The molecule has 0 bridgehead atoms. The number of hydrogen-bond acceptors (Lipinski definition) is 3. The maximum Gasteiger partial charge on any atom is 0.304 e. The number of aryl methyl sites for hydroxylation is 1. The van der Waals surface area contributed by atoms with Crippen LogP contribution in [0.2, 0.25) is 0 Å². The van der Waals surface area contributed by atoms with E-state index in [1.807, 2.05) is 12.1 Å². The number of aliphatic carboxylic acids is 1. The molecule has 1 aromatic carbocycles. The van der Waals surface area contributed by atoms with Crippen LogP contribution < -0.4 is 9.44 Å². The molecule has 6 nitrogen and oxygen atoms in total. The highest BCUT2D eigenvalue weighted by atomic mass is 32.2. The topological polar surface area (TPSA) is 95.5 Å². The van der Waals surface area contributed by atoms with Crippen LogP contribution in [0.3, 0.4) is 0 Å². The van der Waals surface area contributed by atoms with Crippen LogP contribution in [0.4, 0.5) is 5.69 Å². The average molecular weight is 385 g/mol. The molecule has 0 aliphatic heterocycles. The minimum absolute atomic E-state index is 0.241. The lowest BCUT2D eigenvalue weighted by Gasteiger charge is -2.16. The van der Waals surface area contributed by atoms with Crippen molar-refractivity contribution in [2.75, 3.05) is 4.72 Å². The van der Waals surface area contributed by atoms with E-state index in [0.717, 1.165) is 12.8 Å². The largest absolute Gasteiger partial charge is 0.481 e. The van der Waals surface area contributed by atoms with Crippen molar-refractivity contribution in [3.63, 3.8) is 0 Å². The van der Waals surface area contributed by atoms with Crippen molar-refractivity contribution in [3.8, 4) is 0 Å². The van der Waals surface area contributed by atoms with Gasteiger partial charge in [0, 0.05) is 11.7 Å². The summed E-state index contributed by atoms with van der Waals surface area (Å²) in [5.74, 6) is -1.03. The maximum absolute atomic E-state index is 12.1. The Morgan fingerprint density at radius 2 is 1.65 bits per heavy atom. The molecule has 26 heavy (non-hydrogen) atoms. The van der Waals surface area contributed by atoms with Gasteiger partial charge in [0.1, 0.15) is 0 Å². The summed E-state index contributed by atoms with van der Waals surface area (Å²) in [5, 5.41) is 8.81. The predicted molar refractivity (Wildman–Crippen MR) is 106 cm³/mol. The van der Waals surface area contributed by atoms with Crippen LogP contribution in [0.5, 0.6) is 0 Å². The van der Waals surface area contributed by atoms with E-state index in [9.17, 15) is 13.2 Å². The molecule has 0 aliphatic rings. The predicted octanol–water partition coefficient (Wildman–Crippen LogP) is 4.09. The Labute approximate surface area is 157 Å². The van der Waals surface area contributed by atoms with Gasteiger partial charge in [-0.15, -0.1) is 0 Å². The number of carboxylic acids is 1. The van der Waals surface area contributed by atoms with Crippen LogP contribution in [0.15, 0.2) is 24.3 Å². The molecule has 1 aromatic rings. The summed E-state index contributed by atoms with van der Waals surface area (Å²) in [5.41, 5.74) is 1.66. The Bertz CT molecular complexity index is 629. The molecule has 0 aliphatic carbocycles. The van der Waals surface area contributed by atoms with Gasteiger partial charge < -0.3 is 5.11 Å². The number of nitrogens with one attached hydrogen (secondary N) is 2. The lowest BCUT2D eigenvalue weighted by atomic mass is 10.0. The summed E-state index contributed by atoms with van der Waals surface area (Å²) in [6.07, 6.45) is 8.64. The van der Waals surface area contributed by atoms with Crippen molar-refractivity contribution >= 4 is 21.9 Å². The molecular formula is C19H32N2O4S. The van der Waals surface area contributed by atoms with E-state index in [1.54, 1.807) is 19.1 Å². The third-order valence-corrected chi connectivity index (χ3v) is 5.41. The van der Waals surface area contributed by atoms with E-state index in [-0.39, 0.29) is 6.42 Å². The fraction of sp³-hybridized carbons (Fsp3) is 0.632. The summed E-state index contributed by atoms with van der Waals surface area (Å²) in [4.78, 5) is 10.8. The van der Waals surface area contributed by atoms with Crippen molar-refractivity contribution in [2.24, 2.45) is 0 Å². The van der Waals surface area contributed by atoms with E-state index < -0.39 is 22.2 Å². The monoisotopic (exact) mass is 384 g/mol. The average Bonchev–Trinajstić information content (AvgIpc) is 2.58. The van der Waals surface area contributed by atoms with Gasteiger partial charge in [0.25, 0.3) is 10.2 Å². The zero-order valence-corrected chi connectivity index (χ0v) is 16.6. The van der Waals surface area contributed by atoms with Crippen LogP contribution in [-0.4, -0.2) is 25.5 Å². The number of hydrogen-bond donors (Lipinski definition) is 3. The first-order chi connectivity index (χ1) is 12.4. The van der Waals surface area contributed by atoms with E-state index in [2.05, 4.69) is 16.4 Å². The zero-order chi connectivity index (χ0) is 19.4. The van der Waals surface area contributed by atoms with Crippen LogP contribution in [0.1, 0.15) is 70.8 Å². The molecule has 3 N–H and O–H groups in total. The molecule has 1 rings (SSSR count). The molecule has 0 saturated carbocycles. The minimum Gasteiger partial charge on any atom is -0.481 e. The van der Waals surface area contributed by atoms with Crippen LogP contribution in [0, 0.1) is 0 Å². The Balaban J connectivity index is 2.46. The molecule has 0 aromatic heterocycles. The van der Waals surface area contributed by atoms with Gasteiger partial charge in [0.2, 0.25) is 0 Å². The van der Waals surface area contributed by atoms with Gasteiger partial charge in [-0.1, -0.05) is 58.1 Å². The third kappa shape index (κ3) is 9.77. The van der Waals surface area contributed by atoms with E-state index in [0.29, 0.717) is 12.1 Å². The fourth-order valence-electron chi connectivity index (χ4n) is 2.73. The van der Waals surface area contributed by atoms with Crippen LogP contribution >= 0.6 is 0 Å². The summed E-state index contributed by atoms with van der Waals surface area (Å²) in [6.45, 7) is 3.95. The first kappa shape index (κ1) is 22.4. The fourth-order valence-corrected chi connectivity index (χ4v) is 3.93. The molecule has 0 heterocycles. The van der Waals surface area contributed by atoms with Crippen LogP contribution in [-0.2, 0) is 21.4 Å². The Morgan fingerprint density at radius 1 is 1.04 bits per heavy atom. The second-order valence-electron chi connectivity index (χ2n) is 6.64. The van der Waals surface area contributed by atoms with Gasteiger partial charge in [0.05, 0.1) is 6.42 Å². The van der Waals surface area contributed by atoms with Crippen molar-refractivity contribution in [1.29, 1.82) is 0 Å². The Morgan fingerprint density at radius 3 is 2.23 bits per heavy atom. The summed E-state index contributed by atoms with van der Waals surface area (Å²) in [6, 6.07) is 6.71. The highest BCUT2D eigenvalue weighted by Crippen LogP contribution is 2.14. The minimum atomic E-state index is -3.80. The summed E-state index contributed by atoms with van der Waals surface area (Å²) >= 11 is 0. The number of carbonyl (C=O) groups is 1. The molecule has 0 radical (unpaired) electrons. The molecule has 0 amide bonds. The SMILES string of the molecule is CCCCCCCCc1ccc(NS(=O)(=O)N[C@@H](CC)CC(=O)O)cc1. The van der Waals surface area contributed by atoms with Crippen LogP contribution in [0.25, 0.3) is 0 Å². The number of anilines is 1. The van der Waals surface area contributed by atoms with Gasteiger partial charge in [-0.25, -0.2) is 0 Å². The van der Waals surface area contributed by atoms with Gasteiger partial charge in [-0.05, 0) is 37.0 Å². The second kappa shape index (κ2) is 11.9. The lowest BCUT2D eigenvalue weighted by Crippen LogP contribution is -2.39. The van der Waals surface area contributed by atoms with E-state index >= 15 is 0 Å². The van der Waals surface area contributed by atoms with Crippen molar-refractivity contribution < 1.29 is 18.3 Å². The quantitative estimate of drug-likeness (QED) is 0.421. The lowest BCUT2D eigenvalue weighted by molar-refractivity contribution is -0.137. The first-order valence-electron chi connectivity index (χ1n) is 9.47. The molecule has 0 unspecified atom stereocenters. The van der Waals surface area contributed by atoms with Crippen molar-refractivity contribution in [1.82, 2.24) is 4.72 Å². The van der Waals surface area contributed by atoms with E-state index in [1.165, 1.54) is 37.7 Å². The number of carboxylic acid groups (broad SMARTS) is 1. The first-order valence-corrected chi connectivity index (χ1v) is 11.0. The smallest absolute Gasteiger partial charge is 0.304 e. The molecule has 0 spiro atoms. The molecular weight excluding hydrogens is 352 g/mol. The number of rotatable bonds is 14.